The van der Waals surface area contributed by atoms with E-state index in [4.69, 9.17) is 0 Å². The van der Waals surface area contributed by atoms with Crippen LogP contribution in [0.4, 0.5) is 0 Å². The molecule has 26 heavy (non-hydrogen) atoms. The highest BCUT2D eigenvalue weighted by molar-refractivity contribution is 5.97. The number of aromatic nitrogens is 1. The molecule has 1 aromatic carbocycles. The topological polar surface area (TPSA) is 63.1 Å². The van der Waals surface area contributed by atoms with E-state index >= 15 is 0 Å². The molecule has 5 heteroatoms. The fourth-order valence-corrected chi connectivity index (χ4v) is 4.33. The molecule has 3 atom stereocenters. The Bertz CT molecular complexity index is 882. The first-order valence-electron chi connectivity index (χ1n) is 9.07. The summed E-state index contributed by atoms with van der Waals surface area (Å²) in [6.45, 7) is 3.88. The van der Waals surface area contributed by atoms with Gasteiger partial charge in [-0.3, -0.25) is 20.4 Å². The van der Waals surface area contributed by atoms with Crippen LogP contribution >= 0.6 is 0 Å². The van der Waals surface area contributed by atoms with Crippen LogP contribution in [0.15, 0.2) is 48.6 Å². The van der Waals surface area contributed by atoms with E-state index in [0.29, 0.717) is 17.4 Å². The Balaban J connectivity index is 1.45. The average Bonchev–Trinajstić information content (AvgIpc) is 3.35. The number of hydrazine groups is 1. The summed E-state index contributed by atoms with van der Waals surface area (Å²) in [4.78, 5) is 25.0. The predicted molar refractivity (Wildman–Crippen MR) is 99.7 cm³/mol. The van der Waals surface area contributed by atoms with Gasteiger partial charge in [0.1, 0.15) is 0 Å². The normalized spacial score (nSPS) is 23.2. The molecule has 1 heterocycles. The van der Waals surface area contributed by atoms with Crippen molar-refractivity contribution in [2.45, 2.75) is 26.7 Å². The lowest BCUT2D eigenvalue weighted by atomic mass is 9.93. The Kier molecular flexibility index (Phi) is 4.15. The molecule has 2 N–H and O–H groups in total. The van der Waals surface area contributed by atoms with Crippen LogP contribution in [0.2, 0.25) is 0 Å². The second kappa shape index (κ2) is 6.48. The number of nitrogens with zero attached hydrogens (tertiary/aromatic N) is 1. The Hall–Kier alpha value is -2.82. The van der Waals surface area contributed by atoms with E-state index in [9.17, 15) is 9.59 Å². The third-order valence-corrected chi connectivity index (χ3v) is 5.61. The molecule has 1 saturated carbocycles. The third-order valence-electron chi connectivity index (χ3n) is 5.61. The van der Waals surface area contributed by atoms with Gasteiger partial charge in [0.05, 0.1) is 5.56 Å². The number of fused-ring (bicyclic) bond motifs is 2. The molecule has 4 rings (SSSR count). The van der Waals surface area contributed by atoms with Crippen molar-refractivity contribution >= 4 is 11.8 Å². The standard InChI is InChI=1S/C21H23N3O2/c1-13-10-18(14(2)24(13)17-6-4-3-5-7-17)20(25)22-23-21(26)19-12-15-8-9-16(19)11-15/h3-10,15-16,19H,11-12H2,1-2H3,(H,22,25)(H,23,26). The first-order valence-corrected chi connectivity index (χ1v) is 9.07. The van der Waals surface area contributed by atoms with Crippen LogP contribution in [0.3, 0.4) is 0 Å². The van der Waals surface area contributed by atoms with E-state index < -0.39 is 0 Å². The molecule has 2 bridgehead atoms. The van der Waals surface area contributed by atoms with Crippen molar-refractivity contribution in [3.8, 4) is 5.69 Å². The molecule has 1 fully saturated rings. The Morgan fingerprint density at radius 1 is 1.04 bits per heavy atom. The zero-order valence-corrected chi connectivity index (χ0v) is 15.0. The molecule has 2 aliphatic carbocycles. The Morgan fingerprint density at radius 3 is 2.46 bits per heavy atom. The first-order chi connectivity index (χ1) is 12.5. The van der Waals surface area contributed by atoms with Crippen molar-refractivity contribution in [3.63, 3.8) is 0 Å². The van der Waals surface area contributed by atoms with E-state index in [1.54, 1.807) is 0 Å². The van der Waals surface area contributed by atoms with Crippen LogP contribution < -0.4 is 10.9 Å². The minimum absolute atomic E-state index is 0.0259. The SMILES string of the molecule is Cc1cc(C(=O)NNC(=O)C2CC3C=CC2C3)c(C)n1-c1ccccc1. The second-order valence-corrected chi connectivity index (χ2v) is 7.29. The van der Waals surface area contributed by atoms with Gasteiger partial charge in [-0.2, -0.15) is 0 Å². The zero-order chi connectivity index (χ0) is 18.3. The molecular weight excluding hydrogens is 326 g/mol. The van der Waals surface area contributed by atoms with Crippen molar-refractivity contribution in [3.05, 3.63) is 65.5 Å². The van der Waals surface area contributed by atoms with Gasteiger partial charge in [0, 0.05) is 23.0 Å². The van der Waals surface area contributed by atoms with Crippen molar-refractivity contribution in [1.82, 2.24) is 15.4 Å². The quantitative estimate of drug-likeness (QED) is 0.661. The highest BCUT2D eigenvalue weighted by Gasteiger charge is 2.39. The first kappa shape index (κ1) is 16.6. The number of hydrogen-bond acceptors (Lipinski definition) is 2. The molecule has 0 spiro atoms. The van der Waals surface area contributed by atoms with Crippen LogP contribution in [0.5, 0.6) is 0 Å². The summed E-state index contributed by atoms with van der Waals surface area (Å²) in [5.41, 5.74) is 8.62. The van der Waals surface area contributed by atoms with Crippen molar-refractivity contribution in [2.24, 2.45) is 17.8 Å². The Morgan fingerprint density at radius 2 is 1.81 bits per heavy atom. The van der Waals surface area contributed by atoms with Gasteiger partial charge in [-0.1, -0.05) is 30.4 Å². The number of nitrogens with one attached hydrogen (secondary N) is 2. The Labute approximate surface area is 153 Å². The number of allylic oxidation sites excluding steroid dienone is 2. The average molecular weight is 349 g/mol. The van der Waals surface area contributed by atoms with Crippen LogP contribution in [-0.4, -0.2) is 16.4 Å². The second-order valence-electron chi connectivity index (χ2n) is 7.29. The lowest BCUT2D eigenvalue weighted by Crippen LogP contribution is -2.45. The van der Waals surface area contributed by atoms with Gasteiger partial charge in [0.2, 0.25) is 5.91 Å². The summed E-state index contributed by atoms with van der Waals surface area (Å²) in [6.07, 6.45) is 6.27. The number of amides is 2. The van der Waals surface area contributed by atoms with Crippen LogP contribution in [0.1, 0.15) is 34.6 Å². The molecule has 2 aromatic rings. The molecule has 0 radical (unpaired) electrons. The summed E-state index contributed by atoms with van der Waals surface area (Å²) >= 11 is 0. The molecule has 0 aliphatic heterocycles. The van der Waals surface area contributed by atoms with E-state index in [1.165, 1.54) is 0 Å². The fraction of sp³-hybridized carbons (Fsp3) is 0.333. The molecule has 2 amide bonds. The molecule has 2 aliphatic rings. The monoisotopic (exact) mass is 349 g/mol. The summed E-state index contributed by atoms with van der Waals surface area (Å²) in [5, 5.41) is 0. The number of carbonyl (C=O) groups excluding carboxylic acids is 2. The van der Waals surface area contributed by atoms with Crippen LogP contribution in [0, 0.1) is 31.6 Å². The minimum Gasteiger partial charge on any atom is -0.318 e. The summed E-state index contributed by atoms with van der Waals surface area (Å²) in [6, 6.07) is 11.8. The maximum atomic E-state index is 12.6. The number of hydrogen-bond donors (Lipinski definition) is 2. The van der Waals surface area contributed by atoms with Crippen molar-refractivity contribution in [2.75, 3.05) is 0 Å². The summed E-state index contributed by atoms with van der Waals surface area (Å²) in [7, 11) is 0. The van der Waals surface area contributed by atoms with Gasteiger partial charge in [-0.15, -0.1) is 0 Å². The van der Waals surface area contributed by atoms with Gasteiger partial charge in [-0.25, -0.2) is 0 Å². The lowest BCUT2D eigenvalue weighted by Gasteiger charge is -2.17. The van der Waals surface area contributed by atoms with E-state index in [1.807, 2.05) is 54.8 Å². The number of para-hydroxylation sites is 1. The van der Waals surface area contributed by atoms with Gasteiger partial charge >= 0.3 is 0 Å². The minimum atomic E-state index is -0.285. The zero-order valence-electron chi connectivity index (χ0n) is 15.0. The maximum absolute atomic E-state index is 12.6. The van der Waals surface area contributed by atoms with E-state index in [2.05, 4.69) is 23.0 Å². The van der Waals surface area contributed by atoms with E-state index in [-0.39, 0.29) is 17.7 Å². The smallest absolute Gasteiger partial charge is 0.271 e. The third kappa shape index (κ3) is 2.83. The highest BCUT2D eigenvalue weighted by Crippen LogP contribution is 2.43. The molecule has 134 valence electrons. The molecule has 1 aromatic heterocycles. The van der Waals surface area contributed by atoms with Gasteiger partial charge in [0.15, 0.2) is 0 Å². The number of carbonyl (C=O) groups is 2. The maximum Gasteiger partial charge on any atom is 0.271 e. The van der Waals surface area contributed by atoms with Crippen molar-refractivity contribution < 1.29 is 9.59 Å². The van der Waals surface area contributed by atoms with E-state index in [0.717, 1.165) is 29.9 Å². The number of rotatable bonds is 3. The van der Waals surface area contributed by atoms with Crippen LogP contribution in [0.25, 0.3) is 5.69 Å². The van der Waals surface area contributed by atoms with Gasteiger partial charge in [0.25, 0.3) is 5.91 Å². The lowest BCUT2D eigenvalue weighted by molar-refractivity contribution is -0.126. The predicted octanol–water partition coefficient (Wildman–Crippen LogP) is 3.07. The molecule has 0 saturated heterocycles. The largest absolute Gasteiger partial charge is 0.318 e. The van der Waals surface area contributed by atoms with Crippen molar-refractivity contribution in [1.29, 1.82) is 0 Å². The van der Waals surface area contributed by atoms with Crippen LogP contribution in [-0.2, 0) is 4.79 Å². The number of benzene rings is 1. The molecule has 5 nitrogen and oxygen atoms in total. The summed E-state index contributed by atoms with van der Waals surface area (Å²) < 4.78 is 2.04. The molecule has 3 unspecified atom stereocenters. The molecular formula is C21H23N3O2. The highest BCUT2D eigenvalue weighted by atomic mass is 16.2. The fourth-order valence-electron chi connectivity index (χ4n) is 4.33. The number of aryl methyl sites for hydroxylation is 1. The van der Waals surface area contributed by atoms with Gasteiger partial charge < -0.3 is 4.57 Å². The van der Waals surface area contributed by atoms with Gasteiger partial charge in [-0.05, 0) is 56.7 Å². The summed E-state index contributed by atoms with van der Waals surface area (Å²) in [5.74, 6) is 0.442.